The molecule has 0 saturated heterocycles. The number of H-pyrrole nitrogens is 1. The molecule has 0 atom stereocenters. The first-order valence-electron chi connectivity index (χ1n) is 5.91. The van der Waals surface area contributed by atoms with Crippen LogP contribution in [0.4, 0.5) is 0 Å². The van der Waals surface area contributed by atoms with Crippen molar-refractivity contribution in [2.75, 3.05) is 0 Å². The second-order valence-electron chi connectivity index (χ2n) is 4.46. The molecule has 3 rings (SSSR count). The van der Waals surface area contributed by atoms with Crippen molar-refractivity contribution in [3.8, 4) is 0 Å². The Labute approximate surface area is 114 Å². The van der Waals surface area contributed by atoms with Gasteiger partial charge in [0.25, 0.3) is 0 Å². The number of para-hydroxylation sites is 1. The lowest BCUT2D eigenvalue weighted by molar-refractivity contribution is 1.04. The fraction of sp³-hybridized carbons (Fsp3) is 0.133. The van der Waals surface area contributed by atoms with Gasteiger partial charge in [0.05, 0.1) is 11.0 Å². The van der Waals surface area contributed by atoms with Crippen LogP contribution >= 0.6 is 15.9 Å². The predicted molar refractivity (Wildman–Crippen MR) is 77.8 cm³/mol. The van der Waals surface area contributed by atoms with E-state index in [2.05, 4.69) is 75.3 Å². The highest BCUT2D eigenvalue weighted by Crippen LogP contribution is 2.18. The van der Waals surface area contributed by atoms with Crippen molar-refractivity contribution in [1.82, 2.24) is 9.97 Å². The third kappa shape index (κ3) is 2.18. The summed E-state index contributed by atoms with van der Waals surface area (Å²) < 4.78 is 1.10. The highest BCUT2D eigenvalue weighted by Gasteiger charge is 2.05. The maximum atomic E-state index is 4.66. The molecule has 0 unspecified atom stereocenters. The number of rotatable bonds is 2. The molecular formula is C15H13BrN2. The standard InChI is InChI=1S/C15H13BrN2/c1-10-3-2-4-13-15(10)18-14(17-13)9-11-5-7-12(16)8-6-11/h2-8H,9H2,1H3,(H,17,18). The Balaban J connectivity index is 1.95. The zero-order valence-electron chi connectivity index (χ0n) is 10.1. The summed E-state index contributed by atoms with van der Waals surface area (Å²) in [5.74, 6) is 1.02. The van der Waals surface area contributed by atoms with Crippen LogP contribution in [0.5, 0.6) is 0 Å². The summed E-state index contributed by atoms with van der Waals surface area (Å²) in [6.45, 7) is 2.09. The maximum Gasteiger partial charge on any atom is 0.111 e. The fourth-order valence-electron chi connectivity index (χ4n) is 2.11. The van der Waals surface area contributed by atoms with Crippen molar-refractivity contribution in [3.05, 3.63) is 63.9 Å². The zero-order valence-corrected chi connectivity index (χ0v) is 11.7. The second kappa shape index (κ2) is 4.58. The minimum Gasteiger partial charge on any atom is -0.342 e. The molecule has 0 radical (unpaired) electrons. The van der Waals surface area contributed by atoms with E-state index in [9.17, 15) is 0 Å². The normalized spacial score (nSPS) is 11.0. The number of hydrogen-bond donors (Lipinski definition) is 1. The zero-order chi connectivity index (χ0) is 12.5. The number of imidazole rings is 1. The number of halogens is 1. The number of benzene rings is 2. The van der Waals surface area contributed by atoms with Gasteiger partial charge in [0.1, 0.15) is 5.82 Å². The molecule has 2 nitrogen and oxygen atoms in total. The van der Waals surface area contributed by atoms with Crippen LogP contribution in [0.15, 0.2) is 46.9 Å². The van der Waals surface area contributed by atoms with E-state index in [0.717, 1.165) is 27.8 Å². The van der Waals surface area contributed by atoms with Crippen LogP contribution in [0, 0.1) is 6.92 Å². The summed E-state index contributed by atoms with van der Waals surface area (Å²) in [6.07, 6.45) is 0.835. The summed E-state index contributed by atoms with van der Waals surface area (Å²) in [5.41, 5.74) is 4.66. The topological polar surface area (TPSA) is 28.7 Å². The maximum absolute atomic E-state index is 4.66. The number of aromatic nitrogens is 2. The Hall–Kier alpha value is -1.61. The van der Waals surface area contributed by atoms with E-state index >= 15 is 0 Å². The van der Waals surface area contributed by atoms with E-state index < -0.39 is 0 Å². The van der Waals surface area contributed by atoms with Gasteiger partial charge in [-0.1, -0.05) is 40.2 Å². The highest BCUT2D eigenvalue weighted by atomic mass is 79.9. The van der Waals surface area contributed by atoms with Gasteiger partial charge >= 0.3 is 0 Å². The molecule has 0 aliphatic rings. The first-order valence-corrected chi connectivity index (χ1v) is 6.70. The SMILES string of the molecule is Cc1cccc2[nH]c(Cc3ccc(Br)cc3)nc12. The third-order valence-corrected chi connectivity index (χ3v) is 3.58. The minimum atomic E-state index is 0.835. The smallest absolute Gasteiger partial charge is 0.111 e. The molecule has 3 heteroatoms. The van der Waals surface area contributed by atoms with Gasteiger partial charge in [0.15, 0.2) is 0 Å². The van der Waals surface area contributed by atoms with Crippen molar-refractivity contribution in [2.45, 2.75) is 13.3 Å². The average molecular weight is 301 g/mol. The van der Waals surface area contributed by atoms with Gasteiger partial charge in [0.2, 0.25) is 0 Å². The Morgan fingerprint density at radius 1 is 1.11 bits per heavy atom. The van der Waals surface area contributed by atoms with Crippen LogP contribution in [0.3, 0.4) is 0 Å². The summed E-state index contributed by atoms with van der Waals surface area (Å²) in [4.78, 5) is 8.04. The molecule has 3 aromatic rings. The lowest BCUT2D eigenvalue weighted by Gasteiger charge is -1.98. The third-order valence-electron chi connectivity index (χ3n) is 3.05. The van der Waals surface area contributed by atoms with E-state index in [-0.39, 0.29) is 0 Å². The van der Waals surface area contributed by atoms with Gasteiger partial charge in [-0.05, 0) is 36.2 Å². The molecule has 2 aromatic carbocycles. The van der Waals surface area contributed by atoms with Crippen molar-refractivity contribution in [2.24, 2.45) is 0 Å². The molecule has 1 N–H and O–H groups in total. The van der Waals surface area contributed by atoms with Crippen molar-refractivity contribution < 1.29 is 0 Å². The molecule has 18 heavy (non-hydrogen) atoms. The number of nitrogens with one attached hydrogen (secondary N) is 1. The number of aromatic amines is 1. The average Bonchev–Trinajstić information content (AvgIpc) is 2.76. The summed E-state index contributed by atoms with van der Waals surface area (Å²) in [6, 6.07) is 14.6. The van der Waals surface area contributed by atoms with Crippen LogP contribution in [-0.2, 0) is 6.42 Å². The highest BCUT2D eigenvalue weighted by molar-refractivity contribution is 9.10. The predicted octanol–water partition coefficient (Wildman–Crippen LogP) is 4.22. The molecule has 0 aliphatic heterocycles. The van der Waals surface area contributed by atoms with Crippen molar-refractivity contribution in [1.29, 1.82) is 0 Å². The van der Waals surface area contributed by atoms with Crippen molar-refractivity contribution >= 4 is 27.0 Å². The first-order chi connectivity index (χ1) is 8.72. The second-order valence-corrected chi connectivity index (χ2v) is 5.37. The van der Waals surface area contributed by atoms with E-state index in [0.29, 0.717) is 0 Å². The van der Waals surface area contributed by atoms with E-state index in [1.54, 1.807) is 0 Å². The Morgan fingerprint density at radius 2 is 1.89 bits per heavy atom. The summed E-state index contributed by atoms with van der Waals surface area (Å²) in [7, 11) is 0. The number of fused-ring (bicyclic) bond motifs is 1. The van der Waals surface area contributed by atoms with Gasteiger partial charge < -0.3 is 4.98 Å². The molecule has 0 bridgehead atoms. The molecule has 0 saturated carbocycles. The summed E-state index contributed by atoms with van der Waals surface area (Å²) in [5, 5.41) is 0. The van der Waals surface area contributed by atoms with E-state index in [4.69, 9.17) is 0 Å². The molecular weight excluding hydrogens is 288 g/mol. The number of hydrogen-bond acceptors (Lipinski definition) is 1. The number of aryl methyl sites for hydroxylation is 1. The summed E-state index contributed by atoms with van der Waals surface area (Å²) >= 11 is 3.45. The Kier molecular flexibility index (Phi) is 2.92. The lowest BCUT2D eigenvalue weighted by Crippen LogP contribution is -1.90. The fourth-order valence-corrected chi connectivity index (χ4v) is 2.37. The molecule has 1 heterocycles. The van der Waals surface area contributed by atoms with Crippen LogP contribution in [0.25, 0.3) is 11.0 Å². The van der Waals surface area contributed by atoms with Crippen LogP contribution in [-0.4, -0.2) is 9.97 Å². The van der Waals surface area contributed by atoms with Crippen LogP contribution in [0.1, 0.15) is 17.0 Å². The molecule has 0 fully saturated rings. The van der Waals surface area contributed by atoms with E-state index in [1.165, 1.54) is 11.1 Å². The van der Waals surface area contributed by atoms with E-state index in [1.807, 2.05) is 0 Å². The molecule has 0 amide bonds. The quantitative estimate of drug-likeness (QED) is 0.754. The largest absolute Gasteiger partial charge is 0.342 e. The minimum absolute atomic E-state index is 0.835. The molecule has 0 spiro atoms. The Morgan fingerprint density at radius 3 is 2.61 bits per heavy atom. The first kappa shape index (κ1) is 11.5. The van der Waals surface area contributed by atoms with Gasteiger partial charge in [-0.15, -0.1) is 0 Å². The number of nitrogens with zero attached hydrogens (tertiary/aromatic N) is 1. The molecule has 1 aromatic heterocycles. The molecule has 0 aliphatic carbocycles. The monoisotopic (exact) mass is 300 g/mol. The van der Waals surface area contributed by atoms with Crippen LogP contribution < -0.4 is 0 Å². The van der Waals surface area contributed by atoms with Gasteiger partial charge in [-0.25, -0.2) is 4.98 Å². The lowest BCUT2D eigenvalue weighted by atomic mass is 10.1. The van der Waals surface area contributed by atoms with Crippen LogP contribution in [0.2, 0.25) is 0 Å². The van der Waals surface area contributed by atoms with Gasteiger partial charge in [0, 0.05) is 10.9 Å². The molecule has 90 valence electrons. The van der Waals surface area contributed by atoms with Crippen molar-refractivity contribution in [3.63, 3.8) is 0 Å². The van der Waals surface area contributed by atoms with Gasteiger partial charge in [-0.3, -0.25) is 0 Å². The Bertz CT molecular complexity index is 683. The van der Waals surface area contributed by atoms with Gasteiger partial charge in [-0.2, -0.15) is 0 Å².